The number of nitrogens with zero attached hydrogens (tertiary/aromatic N) is 7. The van der Waals surface area contributed by atoms with E-state index in [4.69, 9.17) is 40.5 Å². The molecule has 1 saturated heterocycles. The summed E-state index contributed by atoms with van der Waals surface area (Å²) in [6.45, 7) is 11.3. The van der Waals surface area contributed by atoms with Gasteiger partial charge in [0.15, 0.2) is 12.3 Å². The van der Waals surface area contributed by atoms with E-state index in [0.29, 0.717) is 17.1 Å². The molecule has 27 heteroatoms. The minimum Gasteiger partial charge on any atom is -0.478 e. The molecule has 6 rings (SSSR count). The molecule has 0 aliphatic carbocycles. The molecule has 12 N–H and O–H groups in total. The predicted molar refractivity (Wildman–Crippen MR) is 297 cm³/mol. The van der Waals surface area contributed by atoms with E-state index in [1.165, 1.54) is 68.4 Å². The Morgan fingerprint density at radius 2 is 0.899 bits per heavy atom. The lowest BCUT2D eigenvalue weighted by atomic mass is 10.1. The van der Waals surface area contributed by atoms with Gasteiger partial charge >= 0.3 is 17.9 Å². The van der Waals surface area contributed by atoms with Gasteiger partial charge in [-0.15, -0.1) is 0 Å². The van der Waals surface area contributed by atoms with Crippen molar-refractivity contribution in [2.24, 2.45) is 15.0 Å². The number of amidine groups is 1. The van der Waals surface area contributed by atoms with Gasteiger partial charge in [-0.3, -0.25) is 29.1 Å². The van der Waals surface area contributed by atoms with Crippen molar-refractivity contribution in [3.8, 4) is 0 Å². The number of carbonyl (C=O) groups is 7. The lowest BCUT2D eigenvalue weighted by molar-refractivity contribution is -0.118. The van der Waals surface area contributed by atoms with Crippen molar-refractivity contribution >= 4 is 77.1 Å². The number of fused-ring (bicyclic) bond motifs is 1. The number of ether oxygens (including phenoxy) is 1. The molecule has 0 radical (unpaired) electrons. The first kappa shape index (κ1) is 71.6. The molecule has 3 aromatic rings. The van der Waals surface area contributed by atoms with Crippen LogP contribution in [0.2, 0.25) is 0 Å². The number of likely N-dealkylation sites (N-methyl/N-ethyl adjacent to an activating group) is 3. The average molecular weight is 1120 g/mol. The first-order valence-electron chi connectivity index (χ1n) is 24.2. The summed E-state index contributed by atoms with van der Waals surface area (Å²) in [5.74, 6) is -3.63. The third-order valence-corrected chi connectivity index (χ3v) is 9.49. The Kier molecular flexibility index (Phi) is 33.9. The van der Waals surface area contributed by atoms with Crippen LogP contribution < -0.4 is 16.0 Å². The smallest absolute Gasteiger partial charge is 0.335 e. The Morgan fingerprint density at radius 1 is 0.582 bits per heavy atom. The lowest BCUT2D eigenvalue weighted by Gasteiger charge is -2.26. The van der Waals surface area contributed by atoms with Gasteiger partial charge in [-0.2, -0.15) is 4.99 Å². The quantitative estimate of drug-likeness (QED) is 0.107. The number of hydrogen-bond donors (Lipinski definition) is 12. The molecule has 0 spiro atoms. The van der Waals surface area contributed by atoms with Crippen LogP contribution in [0, 0.1) is 0 Å². The van der Waals surface area contributed by atoms with Crippen molar-refractivity contribution in [2.45, 2.75) is 90.4 Å². The molecule has 4 amide bonds. The molecule has 1 fully saturated rings. The number of rotatable bonds is 14. The minimum absolute atomic E-state index is 0.178. The number of carbonyl (C=O) groups excluding carboxylic acids is 4. The molecule has 0 saturated carbocycles. The van der Waals surface area contributed by atoms with Gasteiger partial charge in [0.1, 0.15) is 30.5 Å². The van der Waals surface area contributed by atoms with Crippen LogP contribution in [0.3, 0.4) is 0 Å². The highest BCUT2D eigenvalue weighted by Gasteiger charge is 2.49. The van der Waals surface area contributed by atoms with Crippen LogP contribution in [0.15, 0.2) is 87.8 Å². The highest BCUT2D eigenvalue weighted by molar-refractivity contribution is 6.19. The first-order chi connectivity index (χ1) is 36.8. The molecular weight excluding hydrogens is 1040 g/mol. The van der Waals surface area contributed by atoms with E-state index in [1.807, 2.05) is 57.0 Å². The second-order valence-electron chi connectivity index (χ2n) is 18.4. The predicted octanol–water partition coefficient (Wildman–Crippen LogP) is 0.921. The van der Waals surface area contributed by atoms with Crippen molar-refractivity contribution in [3.63, 3.8) is 0 Å². The van der Waals surface area contributed by atoms with Gasteiger partial charge in [-0.05, 0) is 136 Å². The summed E-state index contributed by atoms with van der Waals surface area (Å²) in [4.78, 5) is 93.3. The summed E-state index contributed by atoms with van der Waals surface area (Å²) in [7, 11) is 11.6. The number of aromatic carboxylic acids is 3. The molecule has 3 heterocycles. The lowest BCUT2D eigenvalue weighted by Crippen LogP contribution is -2.48. The van der Waals surface area contributed by atoms with Gasteiger partial charge in [0, 0.05) is 57.5 Å². The van der Waals surface area contributed by atoms with Crippen LogP contribution in [0.25, 0.3) is 0 Å². The normalized spacial score (nSPS) is 18.4. The van der Waals surface area contributed by atoms with Crippen LogP contribution >= 0.6 is 0 Å². The van der Waals surface area contributed by atoms with Gasteiger partial charge in [0.2, 0.25) is 17.7 Å². The maximum absolute atomic E-state index is 11.5. The number of aliphatic hydroxyl groups is 6. The van der Waals surface area contributed by atoms with Crippen molar-refractivity contribution in [1.29, 1.82) is 0 Å². The van der Waals surface area contributed by atoms with E-state index < -0.39 is 61.0 Å². The highest BCUT2D eigenvalue weighted by atomic mass is 16.6. The molecule has 3 aliphatic rings. The van der Waals surface area contributed by atoms with Crippen LogP contribution in [-0.4, -0.2) is 243 Å². The summed E-state index contributed by atoms with van der Waals surface area (Å²) < 4.78 is 5.35. The molecule has 8 atom stereocenters. The molecule has 0 aromatic heterocycles. The summed E-state index contributed by atoms with van der Waals surface area (Å²) in [6, 6.07) is 17.1. The molecule has 438 valence electrons. The van der Waals surface area contributed by atoms with Gasteiger partial charge < -0.3 is 81.3 Å². The number of hydrogen-bond acceptors (Lipinski definition) is 20. The number of benzene rings is 3. The van der Waals surface area contributed by atoms with Crippen molar-refractivity contribution in [1.82, 2.24) is 19.6 Å². The van der Waals surface area contributed by atoms with E-state index in [1.54, 1.807) is 57.2 Å². The summed E-state index contributed by atoms with van der Waals surface area (Å²) >= 11 is 0. The maximum atomic E-state index is 11.5. The Bertz CT molecular complexity index is 2230. The van der Waals surface area contributed by atoms with Crippen LogP contribution in [0.5, 0.6) is 0 Å². The van der Waals surface area contributed by atoms with E-state index in [2.05, 4.69) is 30.9 Å². The number of nitrogens with one attached hydrogen (secondary N) is 3. The second kappa shape index (κ2) is 37.4. The number of amides is 4. The second-order valence-corrected chi connectivity index (χ2v) is 18.4. The fourth-order valence-electron chi connectivity index (χ4n) is 6.52. The van der Waals surface area contributed by atoms with Gasteiger partial charge in [0.25, 0.3) is 5.91 Å². The molecule has 8 unspecified atom stereocenters. The maximum Gasteiger partial charge on any atom is 0.335 e. The van der Waals surface area contributed by atoms with E-state index in [-0.39, 0.29) is 58.6 Å². The van der Waals surface area contributed by atoms with E-state index in [0.717, 1.165) is 26.0 Å². The number of aliphatic hydroxyl groups excluding tert-OH is 6. The highest BCUT2D eigenvalue weighted by Crippen LogP contribution is 2.27. The Morgan fingerprint density at radius 3 is 1.13 bits per heavy atom. The standard InChI is InChI=1S/C10H12N4O5.3C9H9NO3.3C5H13NO/c15-1-4-6(16)7(17)10(19-4)14-3-13-5-8(14)11-2-12-9(5)18;3*1-6(11)10-8-4-2-7(3-5-8)9(12)13;3*1-5(7)4-6(2)3/h2-7,10,15-17H,1H2;3*2-5H,1H3,(H,10,11)(H,12,13);3*5,7H,4H2,1-3H3. The van der Waals surface area contributed by atoms with E-state index >= 15 is 0 Å². The largest absolute Gasteiger partial charge is 0.478 e. The monoisotopic (exact) mass is 1110 g/mol. The van der Waals surface area contributed by atoms with Gasteiger partial charge in [-0.1, -0.05) is 0 Å². The third kappa shape index (κ3) is 30.9. The molecule has 3 aromatic carbocycles. The Balaban J connectivity index is 0.000000929. The number of aliphatic imine (C=N–C) groups is 3. The molecule has 27 nitrogen and oxygen atoms in total. The average Bonchev–Trinajstić information content (AvgIpc) is 3.88. The summed E-state index contributed by atoms with van der Waals surface area (Å²) in [6.07, 6.45) is -2.46. The zero-order valence-electron chi connectivity index (χ0n) is 46.5. The van der Waals surface area contributed by atoms with Crippen molar-refractivity contribution in [2.75, 3.05) is 84.5 Å². The Labute approximate surface area is 459 Å². The Hall–Kier alpha value is -7.44. The minimum atomic E-state index is -1.24. The van der Waals surface area contributed by atoms with Crippen LogP contribution in [0.1, 0.15) is 72.6 Å². The summed E-state index contributed by atoms with van der Waals surface area (Å²) in [5, 5.41) is 88.0. The van der Waals surface area contributed by atoms with Crippen LogP contribution in [0.4, 0.5) is 17.1 Å². The summed E-state index contributed by atoms with van der Waals surface area (Å²) in [5.41, 5.74) is 2.39. The number of carboxylic acids is 3. The molecule has 0 bridgehead atoms. The van der Waals surface area contributed by atoms with Crippen molar-refractivity contribution in [3.05, 3.63) is 89.5 Å². The fourth-order valence-corrected chi connectivity index (χ4v) is 6.52. The topological polar surface area (TPSA) is 397 Å². The molecule has 3 aliphatic heterocycles. The number of carboxylic acid groups (broad SMARTS) is 3. The zero-order chi connectivity index (χ0) is 60.7. The van der Waals surface area contributed by atoms with Gasteiger partial charge in [-0.25, -0.2) is 19.4 Å². The SMILES string of the molecule is CC(=O)Nc1ccc(C(=O)O)cc1.CC(=O)Nc1ccc(C(=O)O)cc1.CC(=O)Nc1ccc(C(=O)O)cc1.CC(O)CN(C)C.CC(O)CN(C)C.CC(O)CN(C)C.O=C1N=CN=C2C1N=CN2C1OC(CO)C(O)C1O. The number of anilines is 3. The van der Waals surface area contributed by atoms with Crippen molar-refractivity contribution < 1.29 is 84.3 Å². The van der Waals surface area contributed by atoms with Gasteiger partial charge in [0.05, 0.1) is 47.9 Å². The third-order valence-electron chi connectivity index (χ3n) is 9.49. The van der Waals surface area contributed by atoms with E-state index in [9.17, 15) is 43.8 Å². The molecular formula is C52H78N10O17. The fraction of sp³-hybridized carbons (Fsp3) is 0.462. The van der Waals surface area contributed by atoms with Crippen LogP contribution in [-0.2, 0) is 23.9 Å². The first-order valence-corrected chi connectivity index (χ1v) is 24.2. The zero-order valence-corrected chi connectivity index (χ0v) is 46.5. The molecule has 79 heavy (non-hydrogen) atoms.